The van der Waals surface area contributed by atoms with Gasteiger partial charge in [-0.05, 0) is 29.3 Å². The molecule has 7 heteroatoms. The summed E-state index contributed by atoms with van der Waals surface area (Å²) in [4.78, 5) is 4.68. The molecule has 0 spiro atoms. The third kappa shape index (κ3) is 4.25. The summed E-state index contributed by atoms with van der Waals surface area (Å²) in [5.74, 6) is 1.54. The van der Waals surface area contributed by atoms with E-state index in [1.54, 1.807) is 23.1 Å². The van der Waals surface area contributed by atoms with Crippen LogP contribution in [0.2, 0.25) is 0 Å². The highest BCUT2D eigenvalue weighted by atomic mass is 32.2. The van der Waals surface area contributed by atoms with Gasteiger partial charge >= 0.3 is 0 Å². The van der Waals surface area contributed by atoms with Gasteiger partial charge in [0.15, 0.2) is 11.9 Å². The zero-order valence-corrected chi connectivity index (χ0v) is 16.9. The van der Waals surface area contributed by atoms with Crippen LogP contribution >= 0.6 is 23.1 Å². The van der Waals surface area contributed by atoms with Gasteiger partial charge in [0.25, 0.3) is 0 Å². The van der Waals surface area contributed by atoms with Crippen molar-refractivity contribution in [3.8, 4) is 17.1 Å². The minimum absolute atomic E-state index is 0.294. The van der Waals surface area contributed by atoms with Crippen LogP contribution in [-0.4, -0.2) is 20.9 Å². The zero-order valence-electron chi connectivity index (χ0n) is 15.2. The minimum atomic E-state index is -0.294. The third-order valence-electron chi connectivity index (χ3n) is 4.41. The highest BCUT2D eigenvalue weighted by Gasteiger charge is 2.26. The molecule has 0 saturated heterocycles. The second-order valence-corrected chi connectivity index (χ2v) is 8.24. The molecule has 4 rings (SSSR count). The number of nitrogens with zero attached hydrogens (tertiary/aromatic N) is 3. The molecule has 27 heavy (non-hydrogen) atoms. The first-order chi connectivity index (χ1) is 13.3. The van der Waals surface area contributed by atoms with Gasteiger partial charge in [0.2, 0.25) is 11.0 Å². The van der Waals surface area contributed by atoms with E-state index in [0.29, 0.717) is 16.7 Å². The highest BCUT2D eigenvalue weighted by molar-refractivity contribution is 7.99. The fraction of sp³-hybridized carbons (Fsp3) is 0.350. The number of para-hydroxylation sites is 1. The molecule has 2 aromatic heterocycles. The maximum Gasteiger partial charge on any atom is 0.247 e. The maximum atomic E-state index is 6.24. The Labute approximate surface area is 167 Å². The van der Waals surface area contributed by atoms with Crippen molar-refractivity contribution in [2.75, 3.05) is 11.1 Å². The molecule has 1 unspecified atom stereocenters. The van der Waals surface area contributed by atoms with Gasteiger partial charge in [-0.3, -0.25) is 0 Å². The van der Waals surface area contributed by atoms with Crippen LogP contribution in [0.25, 0.3) is 11.3 Å². The average Bonchev–Trinajstić information content (AvgIpc) is 3.18. The van der Waals surface area contributed by atoms with E-state index in [1.165, 1.54) is 25.7 Å². The number of aromatic nitrogens is 3. The van der Waals surface area contributed by atoms with Crippen LogP contribution in [0.5, 0.6) is 5.88 Å². The Morgan fingerprint density at radius 2 is 2.07 bits per heavy atom. The Bertz CT molecular complexity index is 885. The van der Waals surface area contributed by atoms with Crippen LogP contribution in [0.3, 0.4) is 0 Å². The number of ether oxygens (including phenoxy) is 1. The molecule has 1 aromatic carbocycles. The van der Waals surface area contributed by atoms with Crippen molar-refractivity contribution in [3.05, 3.63) is 46.7 Å². The average molecular weight is 399 g/mol. The molecule has 3 heterocycles. The van der Waals surface area contributed by atoms with Crippen LogP contribution in [0.15, 0.2) is 46.2 Å². The van der Waals surface area contributed by atoms with Gasteiger partial charge in [-0.15, -0.1) is 10.2 Å². The Morgan fingerprint density at radius 3 is 2.93 bits per heavy atom. The van der Waals surface area contributed by atoms with Crippen molar-refractivity contribution in [2.45, 2.75) is 44.0 Å². The van der Waals surface area contributed by atoms with Gasteiger partial charge in [0.05, 0.1) is 0 Å². The fourth-order valence-corrected chi connectivity index (χ4v) is 4.43. The molecule has 0 amide bonds. The van der Waals surface area contributed by atoms with Crippen molar-refractivity contribution in [1.29, 1.82) is 0 Å². The van der Waals surface area contributed by atoms with Gasteiger partial charge in [-0.2, -0.15) is 16.3 Å². The Balaban J connectivity index is 1.61. The van der Waals surface area contributed by atoms with Crippen molar-refractivity contribution in [1.82, 2.24) is 15.2 Å². The topological polar surface area (TPSA) is 59.9 Å². The predicted octanol–water partition coefficient (Wildman–Crippen LogP) is 5.78. The number of hydrogen-bond donors (Lipinski definition) is 1. The fourth-order valence-electron chi connectivity index (χ4n) is 2.98. The second-order valence-electron chi connectivity index (χ2n) is 6.40. The van der Waals surface area contributed by atoms with Crippen LogP contribution in [0.4, 0.5) is 5.69 Å². The molecule has 0 saturated carbocycles. The van der Waals surface area contributed by atoms with E-state index in [0.717, 1.165) is 22.6 Å². The first-order valence-electron chi connectivity index (χ1n) is 9.27. The van der Waals surface area contributed by atoms with Crippen molar-refractivity contribution in [3.63, 3.8) is 0 Å². The molecule has 0 radical (unpaired) electrons. The molecule has 0 fully saturated rings. The molecule has 1 aliphatic heterocycles. The van der Waals surface area contributed by atoms with E-state index < -0.39 is 0 Å². The zero-order chi connectivity index (χ0) is 18.5. The van der Waals surface area contributed by atoms with Crippen LogP contribution < -0.4 is 10.1 Å². The Morgan fingerprint density at radius 1 is 1.15 bits per heavy atom. The van der Waals surface area contributed by atoms with E-state index in [2.05, 4.69) is 38.9 Å². The molecular formula is C20H22N4OS2. The molecule has 5 nitrogen and oxygen atoms in total. The van der Waals surface area contributed by atoms with Crippen LogP contribution in [-0.2, 0) is 0 Å². The number of thiophene rings is 1. The van der Waals surface area contributed by atoms with E-state index in [-0.39, 0.29) is 6.23 Å². The number of unbranched alkanes of at least 4 members (excludes halogenated alkanes) is 3. The lowest BCUT2D eigenvalue weighted by Gasteiger charge is -2.17. The van der Waals surface area contributed by atoms with Crippen LogP contribution in [0, 0.1) is 0 Å². The van der Waals surface area contributed by atoms with E-state index in [1.807, 2.05) is 29.6 Å². The number of hydrogen-bond acceptors (Lipinski definition) is 7. The quantitative estimate of drug-likeness (QED) is 0.402. The van der Waals surface area contributed by atoms with E-state index >= 15 is 0 Å². The monoisotopic (exact) mass is 398 g/mol. The predicted molar refractivity (Wildman–Crippen MR) is 111 cm³/mol. The molecule has 3 aromatic rings. The number of benzene rings is 1. The lowest BCUT2D eigenvalue weighted by atomic mass is 10.1. The van der Waals surface area contributed by atoms with Gasteiger partial charge in [0, 0.05) is 22.6 Å². The molecule has 1 aliphatic rings. The lowest BCUT2D eigenvalue weighted by Crippen LogP contribution is -2.16. The SMILES string of the molecule is CCCCCCSc1nnc2c(n1)OC(c1ccsc1)Nc1ccccc1-2. The highest BCUT2D eigenvalue weighted by Crippen LogP contribution is 2.39. The molecule has 140 valence electrons. The smallest absolute Gasteiger partial charge is 0.247 e. The molecule has 1 atom stereocenters. The van der Waals surface area contributed by atoms with E-state index in [9.17, 15) is 0 Å². The lowest BCUT2D eigenvalue weighted by molar-refractivity contribution is 0.225. The summed E-state index contributed by atoms with van der Waals surface area (Å²) < 4.78 is 6.24. The van der Waals surface area contributed by atoms with Gasteiger partial charge in [-0.1, -0.05) is 56.1 Å². The van der Waals surface area contributed by atoms with Gasteiger partial charge in [-0.25, -0.2) is 0 Å². The number of anilines is 1. The molecule has 0 bridgehead atoms. The summed E-state index contributed by atoms with van der Waals surface area (Å²) in [6.07, 6.45) is 4.64. The second kappa shape index (κ2) is 8.71. The maximum absolute atomic E-state index is 6.24. The summed E-state index contributed by atoms with van der Waals surface area (Å²) >= 11 is 3.30. The van der Waals surface area contributed by atoms with Gasteiger partial charge in [0.1, 0.15) is 0 Å². The largest absolute Gasteiger partial charge is 0.448 e. The first-order valence-corrected chi connectivity index (χ1v) is 11.2. The summed E-state index contributed by atoms with van der Waals surface area (Å²) in [6, 6.07) is 10.1. The van der Waals surface area contributed by atoms with Crippen molar-refractivity contribution in [2.24, 2.45) is 0 Å². The number of thioether (sulfide) groups is 1. The molecule has 1 N–H and O–H groups in total. The number of nitrogens with one attached hydrogen (secondary N) is 1. The third-order valence-corrected chi connectivity index (χ3v) is 6.03. The van der Waals surface area contributed by atoms with Crippen molar-refractivity contribution >= 4 is 28.8 Å². The Kier molecular flexibility index (Phi) is 5.89. The van der Waals surface area contributed by atoms with Crippen LogP contribution in [0.1, 0.15) is 44.4 Å². The first kappa shape index (κ1) is 18.3. The minimum Gasteiger partial charge on any atom is -0.448 e. The van der Waals surface area contributed by atoms with Crippen molar-refractivity contribution < 1.29 is 4.74 Å². The van der Waals surface area contributed by atoms with Gasteiger partial charge < -0.3 is 10.1 Å². The summed E-state index contributed by atoms with van der Waals surface area (Å²) in [5, 5.41) is 17.1. The summed E-state index contributed by atoms with van der Waals surface area (Å²) in [5.41, 5.74) is 3.70. The molecule has 0 aliphatic carbocycles. The Hall–Kier alpha value is -2.12. The molecular weight excluding hydrogens is 376 g/mol. The summed E-state index contributed by atoms with van der Waals surface area (Å²) in [6.45, 7) is 2.22. The number of fused-ring (bicyclic) bond motifs is 3. The standard InChI is InChI=1S/C20H22N4OS2/c1-2-3-4-7-11-27-20-22-19-17(23-24-20)15-8-5-6-9-16(15)21-18(25-19)14-10-12-26-13-14/h5-6,8-10,12-13,18,21H,2-4,7,11H2,1H3. The summed E-state index contributed by atoms with van der Waals surface area (Å²) in [7, 11) is 0. The normalized spacial score (nSPS) is 15.2. The number of rotatable bonds is 7. The van der Waals surface area contributed by atoms with E-state index in [4.69, 9.17) is 4.74 Å².